The van der Waals surface area contributed by atoms with E-state index in [0.717, 1.165) is 25.7 Å². The van der Waals surface area contributed by atoms with Gasteiger partial charge in [-0.2, -0.15) is 0 Å². The van der Waals surface area contributed by atoms with Gasteiger partial charge in [-0.15, -0.1) is 0 Å². The highest BCUT2D eigenvalue weighted by Gasteiger charge is 2.38. The summed E-state index contributed by atoms with van der Waals surface area (Å²) in [6.45, 7) is 0. The van der Waals surface area contributed by atoms with Crippen LogP contribution in [0.5, 0.6) is 0 Å². The Balaban J connectivity index is 1.76. The number of piperidine rings is 2. The predicted molar refractivity (Wildman–Crippen MR) is 80.8 cm³/mol. The molecule has 2 atom stereocenters. The van der Waals surface area contributed by atoms with Gasteiger partial charge in [-0.3, -0.25) is 0 Å². The molecule has 2 fully saturated rings. The molecule has 0 amide bonds. The number of rotatable bonds is 3. The Bertz CT molecular complexity index is 616. The summed E-state index contributed by atoms with van der Waals surface area (Å²) >= 11 is 6.00. The van der Waals surface area contributed by atoms with Crippen LogP contribution in [0.3, 0.4) is 0 Å². The van der Waals surface area contributed by atoms with E-state index in [2.05, 4.69) is 21.7 Å². The Morgan fingerprint density at radius 1 is 1.29 bits per heavy atom. The van der Waals surface area contributed by atoms with Crippen LogP contribution in [0.15, 0.2) is 11.4 Å². The topological polar surface area (TPSA) is 67.2 Å². The van der Waals surface area contributed by atoms with Gasteiger partial charge >= 0.3 is 0 Å². The number of sulfonamides is 1. The van der Waals surface area contributed by atoms with Gasteiger partial charge < -0.3 is 9.47 Å². The molecule has 118 valence electrons. The van der Waals surface area contributed by atoms with Crippen LogP contribution >= 0.6 is 11.6 Å². The number of hydrogen-bond acceptors (Lipinski definition) is 4. The molecule has 3 heterocycles. The van der Waals surface area contributed by atoms with Crippen molar-refractivity contribution in [2.24, 2.45) is 7.05 Å². The fraction of sp³-hybridized carbons (Fsp3) is 0.769. The molecule has 1 aromatic heterocycles. The molecule has 0 aromatic carbocycles. The molecule has 2 saturated heterocycles. The number of aromatic nitrogens is 2. The Morgan fingerprint density at radius 3 is 2.43 bits per heavy atom. The van der Waals surface area contributed by atoms with Crippen molar-refractivity contribution in [3.8, 4) is 0 Å². The number of hydrogen-bond donors (Lipinski definition) is 1. The first-order valence-corrected chi connectivity index (χ1v) is 9.15. The van der Waals surface area contributed by atoms with Gasteiger partial charge in [-0.25, -0.2) is 18.1 Å². The van der Waals surface area contributed by atoms with E-state index in [1.807, 2.05) is 0 Å². The Hall–Kier alpha value is -0.630. The second-order valence-electron chi connectivity index (χ2n) is 6.15. The SMILES string of the molecule is CN1C2CCCC1CC(NS(=O)(=O)c1ncn(C)c1Cl)C2. The fourth-order valence-corrected chi connectivity index (χ4v) is 5.25. The molecule has 2 aliphatic heterocycles. The Kier molecular flexibility index (Phi) is 4.02. The maximum Gasteiger partial charge on any atom is 0.261 e. The highest BCUT2D eigenvalue weighted by Crippen LogP contribution is 2.33. The number of halogens is 1. The van der Waals surface area contributed by atoms with Crippen LogP contribution < -0.4 is 4.72 Å². The first-order valence-electron chi connectivity index (χ1n) is 7.29. The van der Waals surface area contributed by atoms with E-state index in [0.29, 0.717) is 12.1 Å². The molecule has 1 aromatic rings. The third kappa shape index (κ3) is 2.84. The summed E-state index contributed by atoms with van der Waals surface area (Å²) in [5.74, 6) is 0. The molecule has 0 aliphatic carbocycles. The molecule has 2 aliphatic rings. The maximum absolute atomic E-state index is 12.5. The third-order valence-electron chi connectivity index (χ3n) is 4.75. The molecule has 8 heteroatoms. The summed E-state index contributed by atoms with van der Waals surface area (Å²) in [5, 5.41) is 0.0753. The van der Waals surface area contributed by atoms with Crippen molar-refractivity contribution in [2.75, 3.05) is 7.05 Å². The van der Waals surface area contributed by atoms with Crippen molar-refractivity contribution in [3.05, 3.63) is 11.5 Å². The van der Waals surface area contributed by atoms with E-state index in [9.17, 15) is 8.42 Å². The first-order chi connectivity index (χ1) is 9.88. The molecule has 21 heavy (non-hydrogen) atoms. The fourth-order valence-electron chi connectivity index (χ4n) is 3.56. The highest BCUT2D eigenvalue weighted by atomic mass is 35.5. The van der Waals surface area contributed by atoms with Crippen molar-refractivity contribution < 1.29 is 8.42 Å². The minimum atomic E-state index is -3.65. The molecule has 0 radical (unpaired) electrons. The lowest BCUT2D eigenvalue weighted by Gasteiger charge is -2.47. The van der Waals surface area contributed by atoms with E-state index in [1.165, 1.54) is 17.3 Å². The summed E-state index contributed by atoms with van der Waals surface area (Å²) in [4.78, 5) is 6.31. The maximum atomic E-state index is 12.5. The highest BCUT2D eigenvalue weighted by molar-refractivity contribution is 7.89. The van der Waals surface area contributed by atoms with Gasteiger partial charge in [0.25, 0.3) is 10.0 Å². The van der Waals surface area contributed by atoms with Crippen LogP contribution in [-0.2, 0) is 17.1 Å². The van der Waals surface area contributed by atoms with Gasteiger partial charge in [0.05, 0.1) is 6.33 Å². The van der Waals surface area contributed by atoms with Crippen molar-refractivity contribution in [1.29, 1.82) is 0 Å². The summed E-state index contributed by atoms with van der Waals surface area (Å²) in [6.07, 6.45) is 6.67. The van der Waals surface area contributed by atoms with Gasteiger partial charge in [-0.1, -0.05) is 18.0 Å². The van der Waals surface area contributed by atoms with E-state index in [-0.39, 0.29) is 16.2 Å². The molecule has 0 saturated carbocycles. The van der Waals surface area contributed by atoms with E-state index >= 15 is 0 Å². The molecule has 2 bridgehead atoms. The zero-order valence-electron chi connectivity index (χ0n) is 12.3. The minimum Gasteiger partial charge on any atom is -0.324 e. The number of nitrogens with one attached hydrogen (secondary N) is 1. The van der Waals surface area contributed by atoms with Crippen LogP contribution in [0.1, 0.15) is 32.1 Å². The molecular formula is C13H21ClN4O2S. The van der Waals surface area contributed by atoms with Crippen molar-refractivity contribution >= 4 is 21.6 Å². The zero-order valence-corrected chi connectivity index (χ0v) is 13.9. The first kappa shape index (κ1) is 15.3. The quantitative estimate of drug-likeness (QED) is 0.907. The average Bonchev–Trinajstić information content (AvgIpc) is 2.72. The standard InChI is InChI=1S/C13H21ClN4O2S/c1-17-8-15-13(12(17)14)21(19,20)16-9-6-10-4-3-5-11(7-9)18(10)2/h8-11,16H,3-7H2,1-2H3. The van der Waals surface area contributed by atoms with Crippen LogP contribution in [0.25, 0.3) is 0 Å². The van der Waals surface area contributed by atoms with Crippen molar-refractivity contribution in [2.45, 2.75) is 55.3 Å². The minimum absolute atomic E-state index is 0.0282. The van der Waals surface area contributed by atoms with Crippen molar-refractivity contribution in [3.63, 3.8) is 0 Å². The van der Waals surface area contributed by atoms with E-state index in [1.54, 1.807) is 7.05 Å². The van der Waals surface area contributed by atoms with Crippen LogP contribution in [0.4, 0.5) is 0 Å². The largest absolute Gasteiger partial charge is 0.324 e. The molecule has 0 spiro atoms. The monoisotopic (exact) mass is 332 g/mol. The summed E-state index contributed by atoms with van der Waals surface area (Å²) in [5.41, 5.74) is 0. The molecule has 6 nitrogen and oxygen atoms in total. The number of nitrogens with zero attached hydrogens (tertiary/aromatic N) is 3. The number of fused-ring (bicyclic) bond motifs is 2. The summed E-state index contributed by atoms with van der Waals surface area (Å²) in [7, 11) is 0.172. The Morgan fingerprint density at radius 2 is 1.90 bits per heavy atom. The molecular weight excluding hydrogens is 312 g/mol. The van der Waals surface area contributed by atoms with Gasteiger partial charge in [0.15, 0.2) is 0 Å². The molecule has 1 N–H and O–H groups in total. The van der Waals surface area contributed by atoms with Gasteiger partial charge in [0, 0.05) is 25.2 Å². The van der Waals surface area contributed by atoms with E-state index < -0.39 is 10.0 Å². The second kappa shape index (κ2) is 5.53. The zero-order chi connectivity index (χ0) is 15.2. The smallest absolute Gasteiger partial charge is 0.261 e. The van der Waals surface area contributed by atoms with Crippen molar-refractivity contribution in [1.82, 2.24) is 19.2 Å². The van der Waals surface area contributed by atoms with Gasteiger partial charge in [-0.05, 0) is 32.7 Å². The lowest BCUT2D eigenvalue weighted by molar-refractivity contribution is 0.0536. The lowest BCUT2D eigenvalue weighted by Crippen LogP contribution is -2.55. The second-order valence-corrected chi connectivity index (χ2v) is 8.13. The van der Waals surface area contributed by atoms with Crippen LogP contribution in [0, 0.1) is 0 Å². The number of imidazole rings is 1. The van der Waals surface area contributed by atoms with E-state index in [4.69, 9.17) is 11.6 Å². The normalized spacial score (nSPS) is 30.5. The summed E-state index contributed by atoms with van der Waals surface area (Å²) < 4.78 is 29.2. The van der Waals surface area contributed by atoms with Crippen LogP contribution in [-0.4, -0.2) is 48.0 Å². The van der Waals surface area contributed by atoms with Gasteiger partial charge in [0.1, 0.15) is 5.15 Å². The third-order valence-corrected chi connectivity index (χ3v) is 6.76. The Labute approximate surface area is 130 Å². The predicted octanol–water partition coefficient (Wildman–Crippen LogP) is 1.37. The summed E-state index contributed by atoms with van der Waals surface area (Å²) in [6, 6.07) is 0.924. The average molecular weight is 333 g/mol. The lowest BCUT2D eigenvalue weighted by atomic mass is 9.83. The van der Waals surface area contributed by atoms with Crippen LogP contribution in [0.2, 0.25) is 5.15 Å². The van der Waals surface area contributed by atoms with Gasteiger partial charge in [0.2, 0.25) is 5.03 Å². The number of aryl methyl sites for hydroxylation is 1. The molecule has 2 unspecified atom stereocenters. The molecule has 3 rings (SSSR count).